The molecule has 4 N–H and O–H groups in total. The van der Waals surface area contributed by atoms with Crippen LogP contribution in [0.25, 0.3) is 0 Å². The molecule has 0 aliphatic carbocycles. The number of hydrogen-bond donors (Lipinski definition) is 2. The van der Waals surface area contributed by atoms with Crippen molar-refractivity contribution in [2.24, 2.45) is 25.6 Å². The molecule has 0 fully saturated rings. The lowest BCUT2D eigenvalue weighted by atomic mass is 10.6. The molecule has 9 nitrogen and oxygen atoms in total. The van der Waals surface area contributed by atoms with Crippen LogP contribution < -0.4 is 11.5 Å². The Kier molecular flexibility index (Phi) is 8.24. The van der Waals surface area contributed by atoms with Crippen LogP contribution in [0.3, 0.4) is 0 Å². The van der Waals surface area contributed by atoms with Gasteiger partial charge in [-0.25, -0.2) is 4.68 Å². The minimum atomic E-state index is 0.392. The van der Waals surface area contributed by atoms with Crippen molar-refractivity contribution in [1.82, 2.24) is 35.0 Å². The Bertz CT molecular complexity index is 379. The second kappa shape index (κ2) is 9.19. The monoisotopic (exact) mass is 255 g/mol. The molecule has 0 bridgehead atoms. The van der Waals surface area contributed by atoms with Crippen LogP contribution in [0, 0.1) is 0 Å². The first kappa shape index (κ1) is 16.1. The summed E-state index contributed by atoms with van der Waals surface area (Å²) in [6.45, 7) is 4.85. The predicted octanol–water partition coefficient (Wildman–Crippen LogP) is -1.03. The van der Waals surface area contributed by atoms with Crippen molar-refractivity contribution in [2.75, 3.05) is 0 Å². The summed E-state index contributed by atoms with van der Waals surface area (Å²) in [7, 11) is 3.62. The van der Waals surface area contributed by atoms with Gasteiger partial charge in [0.05, 0.1) is 13.1 Å². The van der Waals surface area contributed by atoms with Crippen molar-refractivity contribution < 1.29 is 0 Å². The molecule has 0 saturated carbocycles. The molecule has 0 spiro atoms. The van der Waals surface area contributed by atoms with E-state index < -0.39 is 0 Å². The highest BCUT2D eigenvalue weighted by atomic mass is 15.5. The molecule has 0 saturated heterocycles. The highest BCUT2D eigenvalue weighted by Crippen LogP contribution is 1.85. The van der Waals surface area contributed by atoms with Crippen LogP contribution in [0.15, 0.2) is 6.33 Å². The Hall–Kier alpha value is -1.87. The van der Waals surface area contributed by atoms with Gasteiger partial charge in [0, 0.05) is 14.1 Å². The fourth-order valence-corrected chi connectivity index (χ4v) is 0.913. The summed E-state index contributed by atoms with van der Waals surface area (Å²) in [6, 6.07) is 0. The average molecular weight is 255 g/mol. The van der Waals surface area contributed by atoms with Gasteiger partial charge in [0.25, 0.3) is 0 Å². The smallest absolute Gasteiger partial charge is 0.164 e. The summed E-state index contributed by atoms with van der Waals surface area (Å²) in [5.41, 5.74) is 10.5. The topological polar surface area (TPSA) is 126 Å². The molecule has 9 heteroatoms. The summed E-state index contributed by atoms with van der Waals surface area (Å²) in [4.78, 5) is 0. The zero-order valence-electron chi connectivity index (χ0n) is 11.3. The summed E-state index contributed by atoms with van der Waals surface area (Å²) in [5.74, 6) is 1.51. The van der Waals surface area contributed by atoms with E-state index in [0.29, 0.717) is 18.9 Å². The Morgan fingerprint density at radius 2 is 1.67 bits per heavy atom. The number of aryl methyl sites for hydroxylation is 2. The molecule has 0 radical (unpaired) electrons. The molecule has 0 aliphatic rings. The zero-order chi connectivity index (χ0) is 14.0. The average Bonchev–Trinajstić information content (AvgIpc) is 3.00. The number of rotatable bonds is 2. The highest BCUT2D eigenvalue weighted by Gasteiger charge is 1.94. The summed E-state index contributed by atoms with van der Waals surface area (Å²) < 4.78 is 3.33. The second-order valence-corrected chi connectivity index (χ2v) is 2.99. The lowest BCUT2D eigenvalue weighted by molar-refractivity contribution is 0.678. The first-order valence-electron chi connectivity index (χ1n) is 5.63. The number of nitrogens with two attached hydrogens (primary N) is 2. The van der Waals surface area contributed by atoms with Crippen molar-refractivity contribution >= 4 is 0 Å². The second-order valence-electron chi connectivity index (χ2n) is 2.99. The van der Waals surface area contributed by atoms with Crippen molar-refractivity contribution in [3.05, 3.63) is 18.0 Å². The first-order valence-corrected chi connectivity index (χ1v) is 5.63. The molecule has 2 aromatic heterocycles. The lowest BCUT2D eigenvalue weighted by Gasteiger charge is -1.90. The standard InChI is InChI=1S/C4H8N4.C3H7N5.C2H6/c1-8-3-6-7-4(8)2-5;1-8-3(2-4)5-6-7-8;1-2/h3H,2,5H2,1H3;2,4H2,1H3;1-2H3. The molecular formula is C9H21N9. The number of tetrazole rings is 1. The maximum atomic E-state index is 5.27. The van der Waals surface area contributed by atoms with Crippen LogP contribution in [-0.2, 0) is 27.2 Å². The van der Waals surface area contributed by atoms with E-state index in [4.69, 9.17) is 11.5 Å². The molecule has 2 rings (SSSR count). The van der Waals surface area contributed by atoms with Gasteiger partial charge in [-0.15, -0.1) is 15.3 Å². The van der Waals surface area contributed by atoms with Crippen LogP contribution >= 0.6 is 0 Å². The first-order chi connectivity index (χ1) is 8.69. The minimum Gasteiger partial charge on any atom is -0.324 e. The Morgan fingerprint density at radius 3 is 1.89 bits per heavy atom. The Balaban J connectivity index is 0.000000283. The SMILES string of the molecule is CC.Cn1cnnc1CN.Cn1nnnc1CN. The van der Waals surface area contributed by atoms with Crippen LogP contribution in [0.4, 0.5) is 0 Å². The number of aromatic nitrogens is 7. The normalized spacial score (nSPS) is 9.00. The summed E-state index contributed by atoms with van der Waals surface area (Å²) in [5, 5.41) is 17.9. The fraction of sp³-hybridized carbons (Fsp3) is 0.667. The largest absolute Gasteiger partial charge is 0.324 e. The van der Waals surface area contributed by atoms with Gasteiger partial charge < -0.3 is 16.0 Å². The van der Waals surface area contributed by atoms with E-state index in [-0.39, 0.29) is 0 Å². The van der Waals surface area contributed by atoms with Crippen molar-refractivity contribution in [2.45, 2.75) is 26.9 Å². The van der Waals surface area contributed by atoms with Gasteiger partial charge in [-0.3, -0.25) is 0 Å². The third-order valence-electron chi connectivity index (χ3n) is 1.88. The van der Waals surface area contributed by atoms with E-state index in [9.17, 15) is 0 Å². The summed E-state index contributed by atoms with van der Waals surface area (Å²) in [6.07, 6.45) is 1.63. The fourth-order valence-electron chi connectivity index (χ4n) is 0.913. The van der Waals surface area contributed by atoms with Crippen LogP contribution in [0.5, 0.6) is 0 Å². The Labute approximate surface area is 106 Å². The van der Waals surface area contributed by atoms with Crippen molar-refractivity contribution in [3.63, 3.8) is 0 Å². The molecular weight excluding hydrogens is 234 g/mol. The minimum absolute atomic E-state index is 0.392. The molecule has 0 amide bonds. The molecule has 2 aromatic rings. The van der Waals surface area contributed by atoms with E-state index in [1.807, 2.05) is 20.9 Å². The molecule has 0 atom stereocenters. The molecule has 18 heavy (non-hydrogen) atoms. The zero-order valence-corrected chi connectivity index (χ0v) is 11.3. The van der Waals surface area contributed by atoms with Gasteiger partial charge in [-0.2, -0.15) is 0 Å². The van der Waals surface area contributed by atoms with Gasteiger partial charge >= 0.3 is 0 Å². The van der Waals surface area contributed by atoms with E-state index in [1.165, 1.54) is 0 Å². The maximum absolute atomic E-state index is 5.27. The van der Waals surface area contributed by atoms with E-state index in [1.54, 1.807) is 22.6 Å². The quantitative estimate of drug-likeness (QED) is 0.702. The predicted molar refractivity (Wildman–Crippen MR) is 66.9 cm³/mol. The number of hydrogen-bond acceptors (Lipinski definition) is 7. The highest BCUT2D eigenvalue weighted by molar-refractivity contribution is 4.81. The molecule has 0 aliphatic heterocycles. The molecule has 0 aromatic carbocycles. The van der Waals surface area contributed by atoms with Crippen molar-refractivity contribution in [3.8, 4) is 0 Å². The van der Waals surface area contributed by atoms with Crippen LogP contribution in [-0.4, -0.2) is 35.0 Å². The third kappa shape index (κ3) is 4.97. The molecule has 2 heterocycles. The maximum Gasteiger partial charge on any atom is 0.164 e. The van der Waals surface area contributed by atoms with Gasteiger partial charge in [-0.1, -0.05) is 13.8 Å². The van der Waals surface area contributed by atoms with E-state index >= 15 is 0 Å². The van der Waals surface area contributed by atoms with Crippen LogP contribution in [0.2, 0.25) is 0 Å². The number of nitrogens with zero attached hydrogens (tertiary/aromatic N) is 7. The van der Waals surface area contributed by atoms with Gasteiger partial charge in [0.1, 0.15) is 12.2 Å². The molecule has 102 valence electrons. The third-order valence-corrected chi connectivity index (χ3v) is 1.88. The summed E-state index contributed by atoms with van der Waals surface area (Å²) >= 11 is 0. The van der Waals surface area contributed by atoms with E-state index in [2.05, 4.69) is 25.7 Å². The Morgan fingerprint density at radius 1 is 1.06 bits per heavy atom. The van der Waals surface area contributed by atoms with E-state index in [0.717, 1.165) is 5.82 Å². The van der Waals surface area contributed by atoms with Crippen LogP contribution in [0.1, 0.15) is 25.5 Å². The lowest BCUT2D eigenvalue weighted by Crippen LogP contribution is -2.05. The molecule has 0 unspecified atom stereocenters. The van der Waals surface area contributed by atoms with Gasteiger partial charge in [0.15, 0.2) is 5.82 Å². The van der Waals surface area contributed by atoms with Crippen molar-refractivity contribution in [1.29, 1.82) is 0 Å². The van der Waals surface area contributed by atoms with Gasteiger partial charge in [0.2, 0.25) is 0 Å². The van der Waals surface area contributed by atoms with Gasteiger partial charge in [-0.05, 0) is 10.4 Å².